The fraction of sp³-hybridized carbons (Fsp3) is 0.947. The van der Waals surface area contributed by atoms with Crippen LogP contribution >= 0.6 is 0 Å². The third kappa shape index (κ3) is 5.91. The topological polar surface area (TPSA) is 51.2 Å². The monoisotopic (exact) mass is 360 g/mol. The molecule has 0 aliphatic rings. The molecular weight excluding hydrogens is 320 g/mol. The van der Waals surface area contributed by atoms with E-state index in [0.29, 0.717) is 6.61 Å². The van der Waals surface area contributed by atoms with E-state index in [-0.39, 0.29) is 23.1 Å². The van der Waals surface area contributed by atoms with E-state index in [4.69, 9.17) is 14.5 Å². The maximum Gasteiger partial charge on any atom is 0.335 e. The third-order valence-corrected chi connectivity index (χ3v) is 6.40. The molecule has 0 aromatic rings. The molecule has 0 radical (unpaired) electrons. The van der Waals surface area contributed by atoms with E-state index < -0.39 is 11.6 Å². The first-order valence-corrected chi connectivity index (χ1v) is 8.80. The number of nitrogens with zero attached hydrogens (tertiary/aromatic N) is 2. The van der Waals surface area contributed by atoms with Gasteiger partial charge < -0.3 is 14.5 Å². The minimum Gasteiger partial charge on any atom is -0.463 e. The minimum absolute atomic E-state index is 0.123. The molecule has 0 spiro atoms. The fourth-order valence-corrected chi connectivity index (χ4v) is 1.95. The summed E-state index contributed by atoms with van der Waals surface area (Å²) < 4.78 is 5.41. The highest BCUT2D eigenvalue weighted by Crippen LogP contribution is 2.34. The van der Waals surface area contributed by atoms with Crippen molar-refractivity contribution >= 4 is 5.97 Å². The second kappa shape index (κ2) is 8.33. The second-order valence-corrected chi connectivity index (χ2v) is 9.31. The Bertz CT molecular complexity index is 441. The second-order valence-electron chi connectivity index (χ2n) is 9.31. The molecule has 6 nitrogen and oxygen atoms in total. The Hall–Kier alpha value is -0.690. The number of rotatable bonds is 10. The number of carbonyl (C=O) groups excluding carboxylic acids is 1. The van der Waals surface area contributed by atoms with Gasteiger partial charge in [0.2, 0.25) is 0 Å². The largest absolute Gasteiger partial charge is 0.463 e. The number of carbonyl (C=O) groups is 1. The molecule has 0 saturated carbocycles. The van der Waals surface area contributed by atoms with Gasteiger partial charge in [-0.1, -0.05) is 13.8 Å². The van der Waals surface area contributed by atoms with E-state index in [1.165, 1.54) is 0 Å². The molecule has 0 fully saturated rings. The van der Waals surface area contributed by atoms with Crippen LogP contribution in [0.25, 0.3) is 0 Å². The van der Waals surface area contributed by atoms with E-state index in [1.54, 1.807) is 0 Å². The Kier molecular flexibility index (Phi) is 8.10. The molecule has 0 rings (SSSR count). The molecule has 0 heterocycles. The summed E-state index contributed by atoms with van der Waals surface area (Å²) in [5.74, 6) is -0.430. The molecular formula is C19H40N2O4. The molecule has 6 heteroatoms. The van der Waals surface area contributed by atoms with Gasteiger partial charge in [0.25, 0.3) is 0 Å². The van der Waals surface area contributed by atoms with Crippen molar-refractivity contribution in [2.75, 3.05) is 41.4 Å². The van der Waals surface area contributed by atoms with Crippen molar-refractivity contribution < 1.29 is 19.3 Å². The van der Waals surface area contributed by atoms with Gasteiger partial charge >= 0.3 is 5.97 Å². The highest BCUT2D eigenvalue weighted by molar-refractivity contribution is 5.70. The van der Waals surface area contributed by atoms with Crippen molar-refractivity contribution in [2.45, 2.75) is 72.1 Å². The van der Waals surface area contributed by atoms with Crippen LogP contribution in [0.1, 0.15) is 55.4 Å². The number of esters is 1. The average Bonchev–Trinajstić information content (AvgIpc) is 2.44. The summed E-state index contributed by atoms with van der Waals surface area (Å²) in [6, 6.07) is 0. The van der Waals surface area contributed by atoms with Gasteiger partial charge in [0.15, 0.2) is 6.61 Å². The zero-order chi connectivity index (χ0) is 20.3. The van der Waals surface area contributed by atoms with Crippen molar-refractivity contribution in [3.63, 3.8) is 0 Å². The summed E-state index contributed by atoms with van der Waals surface area (Å²) in [7, 11) is 8.01. The number of ether oxygens (including phenoxy) is 1. The molecule has 0 saturated heterocycles. The number of likely N-dealkylation sites (N-methyl/N-ethyl adjacent to an activating group) is 1. The SMILES string of the molecule is CN(C)C(C)(C)C(C)(C)COC(=O)COOC(C)(C)C(C)(C)N(C)C. The summed E-state index contributed by atoms with van der Waals surface area (Å²) in [5, 5.41) is 0. The predicted molar refractivity (Wildman–Crippen MR) is 101 cm³/mol. The van der Waals surface area contributed by atoms with Crippen molar-refractivity contribution in [2.24, 2.45) is 5.41 Å². The molecule has 0 N–H and O–H groups in total. The molecule has 0 atom stereocenters. The van der Waals surface area contributed by atoms with Crippen LogP contribution in [-0.4, -0.2) is 73.9 Å². The Morgan fingerprint density at radius 1 is 0.800 bits per heavy atom. The van der Waals surface area contributed by atoms with Crippen LogP contribution in [0.2, 0.25) is 0 Å². The maximum atomic E-state index is 12.0. The van der Waals surface area contributed by atoms with Gasteiger partial charge in [-0.3, -0.25) is 0 Å². The zero-order valence-electron chi connectivity index (χ0n) is 18.4. The van der Waals surface area contributed by atoms with Crippen molar-refractivity contribution in [1.82, 2.24) is 9.80 Å². The van der Waals surface area contributed by atoms with E-state index in [2.05, 4.69) is 51.3 Å². The fourth-order valence-electron chi connectivity index (χ4n) is 1.95. The molecule has 0 amide bonds. The smallest absolute Gasteiger partial charge is 0.335 e. The van der Waals surface area contributed by atoms with Gasteiger partial charge in [-0.15, -0.1) is 0 Å². The summed E-state index contributed by atoms with van der Waals surface area (Å²) >= 11 is 0. The maximum absolute atomic E-state index is 12.0. The Balaban J connectivity index is 4.52. The normalized spacial score (nSPS) is 14.3. The van der Waals surface area contributed by atoms with E-state index in [9.17, 15) is 4.79 Å². The molecule has 150 valence electrons. The first-order chi connectivity index (χ1) is 11.0. The molecule has 25 heavy (non-hydrogen) atoms. The Morgan fingerprint density at radius 2 is 1.24 bits per heavy atom. The Morgan fingerprint density at radius 3 is 1.64 bits per heavy atom. The summed E-state index contributed by atoms with van der Waals surface area (Å²) in [4.78, 5) is 26.9. The summed E-state index contributed by atoms with van der Waals surface area (Å²) in [5.41, 5.74) is -1.20. The van der Waals surface area contributed by atoms with Gasteiger partial charge in [0, 0.05) is 16.5 Å². The van der Waals surface area contributed by atoms with Crippen LogP contribution in [0.4, 0.5) is 0 Å². The lowest BCUT2D eigenvalue weighted by molar-refractivity contribution is -0.369. The molecule has 0 aliphatic heterocycles. The number of hydrogen-bond acceptors (Lipinski definition) is 6. The minimum atomic E-state index is -0.594. The standard InChI is InChI=1S/C19H40N2O4/c1-16(2,17(3,4)20(9)10)14-23-15(22)13-24-25-19(7,8)18(5,6)21(11)12/h13-14H2,1-12H3. The lowest BCUT2D eigenvalue weighted by atomic mass is 9.74. The van der Waals surface area contributed by atoms with Crippen molar-refractivity contribution in [3.05, 3.63) is 0 Å². The van der Waals surface area contributed by atoms with Gasteiger partial charge in [-0.2, -0.15) is 0 Å². The zero-order valence-corrected chi connectivity index (χ0v) is 18.4. The molecule has 0 aliphatic carbocycles. The van der Waals surface area contributed by atoms with Crippen LogP contribution in [0.3, 0.4) is 0 Å². The van der Waals surface area contributed by atoms with E-state index in [0.717, 1.165) is 0 Å². The molecule has 0 aromatic heterocycles. The van der Waals surface area contributed by atoms with E-state index >= 15 is 0 Å². The molecule has 0 aromatic carbocycles. The van der Waals surface area contributed by atoms with Crippen LogP contribution < -0.4 is 0 Å². The first-order valence-electron chi connectivity index (χ1n) is 8.80. The summed E-state index contributed by atoms with van der Waals surface area (Å²) in [6.07, 6.45) is 0. The van der Waals surface area contributed by atoms with Gasteiger partial charge in [-0.25, -0.2) is 14.6 Å². The van der Waals surface area contributed by atoms with Crippen LogP contribution in [0.15, 0.2) is 0 Å². The lowest BCUT2D eigenvalue weighted by Crippen LogP contribution is -2.56. The lowest BCUT2D eigenvalue weighted by Gasteiger charge is -2.46. The third-order valence-electron chi connectivity index (χ3n) is 6.40. The Labute approximate surface area is 154 Å². The van der Waals surface area contributed by atoms with Crippen LogP contribution in [-0.2, 0) is 19.3 Å². The van der Waals surface area contributed by atoms with Crippen molar-refractivity contribution in [3.8, 4) is 0 Å². The van der Waals surface area contributed by atoms with Crippen molar-refractivity contribution in [1.29, 1.82) is 0 Å². The molecule has 0 bridgehead atoms. The predicted octanol–water partition coefficient (Wildman–Crippen LogP) is 2.96. The first kappa shape index (κ1) is 24.3. The number of hydrogen-bond donors (Lipinski definition) is 0. The summed E-state index contributed by atoms with van der Waals surface area (Å²) in [6.45, 7) is 16.5. The quantitative estimate of drug-likeness (QED) is 0.339. The van der Waals surface area contributed by atoms with E-state index in [1.807, 2.05) is 42.0 Å². The highest BCUT2D eigenvalue weighted by Gasteiger charge is 2.42. The van der Waals surface area contributed by atoms with Crippen LogP contribution in [0, 0.1) is 5.41 Å². The highest BCUT2D eigenvalue weighted by atomic mass is 17.2. The van der Waals surface area contributed by atoms with Gasteiger partial charge in [0.05, 0.1) is 6.61 Å². The van der Waals surface area contributed by atoms with Gasteiger partial charge in [-0.05, 0) is 69.7 Å². The van der Waals surface area contributed by atoms with Gasteiger partial charge in [0.1, 0.15) is 5.60 Å². The molecule has 0 unspecified atom stereocenters. The average molecular weight is 361 g/mol. The van der Waals surface area contributed by atoms with Crippen LogP contribution in [0.5, 0.6) is 0 Å².